The van der Waals surface area contributed by atoms with E-state index in [1.54, 1.807) is 11.8 Å². The summed E-state index contributed by atoms with van der Waals surface area (Å²) in [5, 5.41) is 12.2. The fourth-order valence-electron chi connectivity index (χ4n) is 3.97. The van der Waals surface area contributed by atoms with Crippen molar-refractivity contribution in [3.05, 3.63) is 46.8 Å². The van der Waals surface area contributed by atoms with Crippen molar-refractivity contribution >= 4 is 34.8 Å². The van der Waals surface area contributed by atoms with E-state index in [9.17, 15) is 0 Å². The minimum atomic E-state index is 0.528. The Kier molecular flexibility index (Phi) is 5.67. The molecule has 4 nitrogen and oxygen atoms in total. The van der Waals surface area contributed by atoms with Gasteiger partial charge in [-0.2, -0.15) is 0 Å². The summed E-state index contributed by atoms with van der Waals surface area (Å²) in [6, 6.07) is 2.22. The molecule has 0 aromatic carbocycles. The van der Waals surface area contributed by atoms with E-state index in [4.69, 9.17) is 10.4 Å². The summed E-state index contributed by atoms with van der Waals surface area (Å²) < 4.78 is 2.29. The molecule has 1 unspecified atom stereocenters. The van der Waals surface area contributed by atoms with Crippen LogP contribution in [-0.2, 0) is 6.54 Å². The number of hydrogen-bond donors (Lipinski definition) is 1. The molecule has 142 valence electrons. The first-order valence-electron chi connectivity index (χ1n) is 10.0. The molecule has 3 aliphatic rings. The Morgan fingerprint density at radius 2 is 2.19 bits per heavy atom. The normalized spacial score (nSPS) is 21.7. The molecule has 0 radical (unpaired) electrons. The van der Waals surface area contributed by atoms with Crippen LogP contribution in [-0.4, -0.2) is 39.2 Å². The molecular weight excluding hydrogens is 352 g/mol. The fourth-order valence-corrected chi connectivity index (χ4v) is 4.80. The number of allylic oxidation sites excluding steroid dienone is 2. The summed E-state index contributed by atoms with van der Waals surface area (Å²) in [6.45, 7) is 5.01. The highest BCUT2D eigenvalue weighted by Gasteiger charge is 2.20. The molecule has 1 fully saturated rings. The number of fused-ring (bicyclic) bond motifs is 1. The van der Waals surface area contributed by atoms with Crippen molar-refractivity contribution in [1.82, 2.24) is 9.47 Å². The second-order valence-electron chi connectivity index (χ2n) is 7.40. The number of likely N-dealkylation sites (tertiary alicyclic amines) is 1. The van der Waals surface area contributed by atoms with Crippen molar-refractivity contribution in [2.75, 3.05) is 18.8 Å². The van der Waals surface area contributed by atoms with Crippen molar-refractivity contribution in [3.8, 4) is 0 Å². The first-order chi connectivity index (χ1) is 13.2. The highest BCUT2D eigenvalue weighted by molar-refractivity contribution is 8.14. The fraction of sp³-hybridized carbons (Fsp3) is 0.455. The molecule has 27 heavy (non-hydrogen) atoms. The topological polar surface area (TPSA) is 44.4 Å². The van der Waals surface area contributed by atoms with Gasteiger partial charge in [-0.05, 0) is 48.6 Å². The molecular formula is C22H28N4S. The Hall–Kier alpha value is -2.01. The van der Waals surface area contributed by atoms with E-state index in [2.05, 4.69) is 59.0 Å². The molecule has 1 atom stereocenters. The van der Waals surface area contributed by atoms with Gasteiger partial charge in [-0.15, -0.1) is 11.8 Å². The molecule has 2 aliphatic heterocycles. The van der Waals surface area contributed by atoms with Crippen LogP contribution in [0.2, 0.25) is 0 Å². The van der Waals surface area contributed by atoms with Crippen LogP contribution in [0, 0.1) is 11.3 Å². The summed E-state index contributed by atoms with van der Waals surface area (Å²) in [5.41, 5.74) is 0.849. The zero-order valence-corrected chi connectivity index (χ0v) is 16.8. The lowest BCUT2D eigenvalue weighted by Gasteiger charge is -2.21. The van der Waals surface area contributed by atoms with Gasteiger partial charge in [0.15, 0.2) is 0 Å². The number of thioether (sulfide) groups is 1. The smallest absolute Gasteiger partial charge is 0.146 e. The molecule has 3 heterocycles. The van der Waals surface area contributed by atoms with Crippen molar-refractivity contribution in [2.45, 2.75) is 39.2 Å². The molecule has 0 spiro atoms. The van der Waals surface area contributed by atoms with Crippen LogP contribution in [0.5, 0.6) is 0 Å². The van der Waals surface area contributed by atoms with Gasteiger partial charge < -0.3 is 9.47 Å². The van der Waals surface area contributed by atoms with E-state index in [0.717, 1.165) is 36.1 Å². The maximum absolute atomic E-state index is 8.48. The van der Waals surface area contributed by atoms with Crippen LogP contribution in [0.15, 0.2) is 41.2 Å². The van der Waals surface area contributed by atoms with Gasteiger partial charge in [0.2, 0.25) is 0 Å². The highest BCUT2D eigenvalue weighted by Crippen LogP contribution is 2.20. The van der Waals surface area contributed by atoms with E-state index >= 15 is 0 Å². The molecule has 0 bridgehead atoms. The zero-order valence-electron chi connectivity index (χ0n) is 16.0. The molecule has 1 aliphatic carbocycles. The van der Waals surface area contributed by atoms with E-state index in [0.29, 0.717) is 11.8 Å². The van der Waals surface area contributed by atoms with Crippen LogP contribution in [0.4, 0.5) is 0 Å². The summed E-state index contributed by atoms with van der Waals surface area (Å²) in [7, 11) is 0. The maximum Gasteiger partial charge on any atom is 0.146 e. The van der Waals surface area contributed by atoms with Crippen LogP contribution in [0.25, 0.3) is 12.2 Å². The predicted octanol–water partition coefficient (Wildman–Crippen LogP) is 3.14. The Bertz CT molecular complexity index is 913. The first kappa shape index (κ1) is 18.4. The van der Waals surface area contributed by atoms with Crippen molar-refractivity contribution in [2.24, 2.45) is 10.9 Å². The lowest BCUT2D eigenvalue weighted by Crippen LogP contribution is -2.31. The molecule has 1 aromatic rings. The Morgan fingerprint density at radius 3 is 3.00 bits per heavy atom. The third kappa shape index (κ3) is 4.13. The largest absolute Gasteiger partial charge is 0.355 e. The average Bonchev–Trinajstić information content (AvgIpc) is 3.29. The molecule has 1 saturated heterocycles. The van der Waals surface area contributed by atoms with Crippen molar-refractivity contribution in [3.63, 3.8) is 0 Å². The van der Waals surface area contributed by atoms with Crippen LogP contribution >= 0.6 is 11.8 Å². The number of nitrogens with one attached hydrogen (secondary N) is 1. The Labute approximate surface area is 165 Å². The molecule has 0 amide bonds. The zero-order chi connectivity index (χ0) is 18.6. The monoisotopic (exact) mass is 380 g/mol. The molecule has 4 rings (SSSR count). The van der Waals surface area contributed by atoms with Gasteiger partial charge in [0.1, 0.15) is 11.5 Å². The van der Waals surface area contributed by atoms with Crippen molar-refractivity contribution in [1.29, 1.82) is 5.41 Å². The van der Waals surface area contributed by atoms with Gasteiger partial charge in [-0.25, -0.2) is 4.99 Å². The summed E-state index contributed by atoms with van der Waals surface area (Å²) >= 11 is 1.79. The van der Waals surface area contributed by atoms with Gasteiger partial charge >= 0.3 is 0 Å². The average molecular weight is 381 g/mol. The molecule has 0 saturated carbocycles. The Morgan fingerprint density at radius 1 is 1.33 bits per heavy atom. The first-order valence-corrected chi connectivity index (χ1v) is 11.0. The van der Waals surface area contributed by atoms with Gasteiger partial charge in [0.05, 0.1) is 11.6 Å². The highest BCUT2D eigenvalue weighted by atomic mass is 32.2. The summed E-state index contributed by atoms with van der Waals surface area (Å²) in [6.07, 6.45) is 18.2. The minimum Gasteiger partial charge on any atom is -0.355 e. The van der Waals surface area contributed by atoms with Crippen molar-refractivity contribution < 1.29 is 0 Å². The third-order valence-corrected chi connectivity index (χ3v) is 6.30. The standard InChI is InChI=1S/C22H28N4S/c1-2-6-17-7-5-8-20-18(15-17)9-13-26(20)16-21-24-19(10-14-27-21)22(23)25-11-3-4-12-25/h5,7-10,13,15,17,23H,2-4,6,11-12,14,16H2,1H3. The quantitative estimate of drug-likeness (QED) is 0.630. The predicted molar refractivity (Wildman–Crippen MR) is 117 cm³/mol. The molecule has 1 N–H and O–H groups in total. The van der Waals surface area contributed by atoms with E-state index in [-0.39, 0.29) is 0 Å². The molecule has 5 heteroatoms. The van der Waals surface area contributed by atoms with Gasteiger partial charge in [0.25, 0.3) is 0 Å². The van der Waals surface area contributed by atoms with Crippen LogP contribution < -0.4 is 10.6 Å². The van der Waals surface area contributed by atoms with E-state index in [1.807, 2.05) is 0 Å². The SMILES string of the molecule is CCCC1C=CC=c2c(ccn2CC2=NC(C(=N)N3CCCC3)=CCS2)=C1. The van der Waals surface area contributed by atoms with Crippen LogP contribution in [0.3, 0.4) is 0 Å². The van der Waals surface area contributed by atoms with E-state index < -0.39 is 0 Å². The number of hydrogen-bond acceptors (Lipinski definition) is 3. The third-order valence-electron chi connectivity index (χ3n) is 5.41. The molecule has 1 aromatic heterocycles. The minimum absolute atomic E-state index is 0.528. The second-order valence-corrected chi connectivity index (χ2v) is 8.50. The summed E-state index contributed by atoms with van der Waals surface area (Å²) in [5.74, 6) is 2.03. The number of aliphatic imine (C=N–C) groups is 1. The number of nitrogens with zero attached hydrogens (tertiary/aromatic N) is 3. The van der Waals surface area contributed by atoms with Gasteiger partial charge in [0, 0.05) is 30.4 Å². The lowest BCUT2D eigenvalue weighted by molar-refractivity contribution is 0.515. The second kappa shape index (κ2) is 8.34. The maximum atomic E-state index is 8.48. The van der Waals surface area contributed by atoms with E-state index in [1.165, 1.54) is 36.3 Å². The number of rotatable bonds is 5. The van der Waals surface area contributed by atoms with Gasteiger partial charge in [-0.1, -0.05) is 31.6 Å². The van der Waals surface area contributed by atoms with Gasteiger partial charge in [-0.3, -0.25) is 5.41 Å². The number of amidine groups is 1. The Balaban J connectivity index is 1.54. The van der Waals surface area contributed by atoms with Crippen LogP contribution in [0.1, 0.15) is 32.6 Å². The number of aromatic nitrogens is 1. The lowest BCUT2D eigenvalue weighted by atomic mass is 10.0. The summed E-state index contributed by atoms with van der Waals surface area (Å²) in [4.78, 5) is 6.99.